The number of aromatic carboxylic acids is 1. The lowest BCUT2D eigenvalue weighted by molar-refractivity contribution is -0.179. The Kier molecular flexibility index (Phi) is 8.61. The number of carbonyl (C=O) groups excluding carboxylic acids is 3. The smallest absolute Gasteiger partial charge is 0.335 e. The van der Waals surface area contributed by atoms with Crippen molar-refractivity contribution in [3.63, 3.8) is 0 Å². The van der Waals surface area contributed by atoms with Crippen LogP contribution in [0.3, 0.4) is 0 Å². The molecule has 47 heavy (non-hydrogen) atoms. The van der Waals surface area contributed by atoms with Gasteiger partial charge < -0.3 is 20.1 Å². The number of aliphatic hydroxyl groups excluding tert-OH is 1. The summed E-state index contributed by atoms with van der Waals surface area (Å²) < 4.78 is 5.39. The van der Waals surface area contributed by atoms with Crippen molar-refractivity contribution in [3.05, 3.63) is 83.5 Å². The maximum atomic E-state index is 13.6. The number of allylic oxidation sites excluding steroid dienone is 4. The number of carboxylic acids is 1. The normalized spacial score (nSPS) is 32.7. The lowest BCUT2D eigenvalue weighted by Gasteiger charge is -2.58. The molecule has 7 atom stereocenters. The topological polar surface area (TPSA) is 163 Å². The molecule has 0 aliphatic heterocycles. The number of ketones is 2. The van der Waals surface area contributed by atoms with Crippen LogP contribution in [0.5, 0.6) is 0 Å². The third-order valence-corrected chi connectivity index (χ3v) is 11.4. The van der Waals surface area contributed by atoms with Gasteiger partial charge in [-0.3, -0.25) is 14.4 Å². The maximum absolute atomic E-state index is 13.6. The minimum Gasteiger partial charge on any atom is -0.478 e. The second-order valence-electron chi connectivity index (χ2n) is 13.9. The molecule has 0 aromatic heterocycles. The summed E-state index contributed by atoms with van der Waals surface area (Å²) in [7, 11) is 0. The molecule has 2 fully saturated rings. The van der Waals surface area contributed by atoms with Crippen LogP contribution in [0.2, 0.25) is 0 Å². The second-order valence-corrected chi connectivity index (χ2v) is 13.9. The minimum absolute atomic E-state index is 0.0121. The molecular weight excluding hydrogens is 600 g/mol. The van der Waals surface area contributed by atoms with E-state index in [2.05, 4.69) is 23.2 Å². The number of hydrogen-bond acceptors (Lipinski definition) is 9. The van der Waals surface area contributed by atoms with Crippen molar-refractivity contribution in [3.8, 4) is 0 Å². The third kappa shape index (κ3) is 5.78. The van der Waals surface area contributed by atoms with Crippen LogP contribution in [0.4, 0.5) is 11.4 Å². The third-order valence-electron chi connectivity index (χ3n) is 11.4. The van der Waals surface area contributed by atoms with Gasteiger partial charge in [-0.1, -0.05) is 49.8 Å². The molecule has 2 aromatic rings. The number of fused-ring (bicyclic) bond motifs is 5. The van der Waals surface area contributed by atoms with Crippen molar-refractivity contribution in [2.24, 2.45) is 38.8 Å². The number of carboxylic acid groups (broad SMARTS) is 1. The number of aliphatic hydroxyl groups is 2. The van der Waals surface area contributed by atoms with Gasteiger partial charge in [-0.2, -0.15) is 10.2 Å². The van der Waals surface area contributed by atoms with Gasteiger partial charge in [0.1, 0.15) is 5.60 Å². The Hall–Kier alpha value is -4.28. The van der Waals surface area contributed by atoms with Crippen LogP contribution >= 0.6 is 0 Å². The van der Waals surface area contributed by atoms with Crippen LogP contribution in [0.25, 0.3) is 0 Å². The van der Waals surface area contributed by atoms with E-state index in [-0.39, 0.29) is 54.8 Å². The van der Waals surface area contributed by atoms with Crippen molar-refractivity contribution in [2.45, 2.75) is 70.5 Å². The standard InChI is InChI=1S/C37H40N2O8/c1-35-17-15-26(40)19-24(35)10-13-27-28-16-18-37(46,36(28,2)20-30(41)33(27)35)31(42)21-47-32(43)14-9-22-5-3-4-6-29(22)39-38-25-11-7-23(8-12-25)34(44)45/h3-8,10-12,15,17,27-28,30,33,41,46H,9,13-14,16,18-21H2,1-2H3,(H,44,45). The van der Waals surface area contributed by atoms with Gasteiger partial charge in [0, 0.05) is 29.6 Å². The lowest BCUT2D eigenvalue weighted by Crippen LogP contribution is -2.61. The second kappa shape index (κ2) is 12.4. The SMILES string of the molecule is CC12C=CC(=O)CC1=CCC1C2C(O)CC2(C)C1CCC2(O)C(=O)COC(=O)CCc1ccccc1N=Nc1ccc(C(=O)O)cc1. The zero-order chi connectivity index (χ0) is 33.6. The number of nitrogens with zero attached hydrogens (tertiary/aromatic N) is 2. The summed E-state index contributed by atoms with van der Waals surface area (Å²) in [4.78, 5) is 49.6. The highest BCUT2D eigenvalue weighted by Crippen LogP contribution is 2.66. The number of rotatable bonds is 9. The highest BCUT2D eigenvalue weighted by atomic mass is 16.5. The molecule has 2 saturated carbocycles. The fourth-order valence-electron chi connectivity index (χ4n) is 8.87. The zero-order valence-corrected chi connectivity index (χ0v) is 26.6. The Morgan fingerprint density at radius 2 is 1.79 bits per heavy atom. The van der Waals surface area contributed by atoms with E-state index in [9.17, 15) is 29.4 Å². The Morgan fingerprint density at radius 3 is 2.53 bits per heavy atom. The first kappa shape index (κ1) is 32.7. The molecule has 2 aromatic carbocycles. The molecule has 4 aliphatic carbocycles. The molecule has 10 nitrogen and oxygen atoms in total. The minimum atomic E-state index is -1.73. The van der Waals surface area contributed by atoms with E-state index in [4.69, 9.17) is 9.84 Å². The lowest BCUT2D eigenvalue weighted by atomic mass is 9.47. The van der Waals surface area contributed by atoms with Crippen LogP contribution in [0, 0.1) is 28.6 Å². The van der Waals surface area contributed by atoms with Gasteiger partial charge in [-0.25, -0.2) is 4.79 Å². The van der Waals surface area contributed by atoms with Gasteiger partial charge in [0.25, 0.3) is 0 Å². The maximum Gasteiger partial charge on any atom is 0.335 e. The predicted molar refractivity (Wildman–Crippen MR) is 171 cm³/mol. The van der Waals surface area contributed by atoms with Crippen molar-refractivity contribution in [2.75, 3.05) is 6.61 Å². The van der Waals surface area contributed by atoms with Crippen molar-refractivity contribution in [1.29, 1.82) is 0 Å². The Morgan fingerprint density at radius 1 is 1.04 bits per heavy atom. The average Bonchev–Trinajstić information content (AvgIpc) is 3.32. The van der Waals surface area contributed by atoms with Crippen LogP contribution in [-0.4, -0.2) is 57.1 Å². The molecule has 0 amide bonds. The molecule has 6 rings (SSSR count). The first-order chi connectivity index (χ1) is 22.4. The summed E-state index contributed by atoms with van der Waals surface area (Å²) in [5.74, 6) is -2.18. The number of benzene rings is 2. The van der Waals surface area contributed by atoms with Gasteiger partial charge in [0.2, 0.25) is 5.78 Å². The molecular formula is C37H40N2O8. The number of hydrogen-bond donors (Lipinski definition) is 3. The van der Waals surface area contributed by atoms with Crippen molar-refractivity contribution in [1.82, 2.24) is 0 Å². The summed E-state index contributed by atoms with van der Waals surface area (Å²) in [5.41, 5.74) is -0.104. The number of azo groups is 1. The molecule has 0 spiro atoms. The van der Waals surface area contributed by atoms with Crippen LogP contribution in [-0.2, 0) is 25.5 Å². The number of ether oxygens (including phenoxy) is 1. The molecule has 10 heteroatoms. The molecule has 4 aliphatic rings. The first-order valence-electron chi connectivity index (χ1n) is 16.2. The zero-order valence-electron chi connectivity index (χ0n) is 26.6. The molecule has 0 saturated heterocycles. The van der Waals surface area contributed by atoms with Crippen molar-refractivity contribution >= 4 is 34.9 Å². The summed E-state index contributed by atoms with van der Waals surface area (Å²) in [6.45, 7) is 3.42. The van der Waals surface area contributed by atoms with E-state index >= 15 is 0 Å². The number of Topliss-reactive ketones (excluding diaryl/α,β-unsaturated/α-hetero) is 1. The molecule has 3 N–H and O–H groups in total. The van der Waals surface area contributed by atoms with E-state index in [1.165, 1.54) is 12.1 Å². The fraction of sp³-hybridized carbons (Fsp3) is 0.459. The molecule has 0 heterocycles. The number of esters is 1. The van der Waals surface area contributed by atoms with E-state index in [1.807, 2.05) is 25.1 Å². The highest BCUT2D eigenvalue weighted by Gasteiger charge is 2.68. The van der Waals surface area contributed by atoms with Crippen LogP contribution in [0.1, 0.15) is 68.3 Å². The van der Waals surface area contributed by atoms with Crippen molar-refractivity contribution < 1.29 is 39.2 Å². The van der Waals surface area contributed by atoms with Crippen LogP contribution in [0.15, 0.2) is 82.6 Å². The van der Waals surface area contributed by atoms with E-state index < -0.39 is 46.9 Å². The molecule has 0 bridgehead atoms. The highest BCUT2D eigenvalue weighted by molar-refractivity contribution is 5.93. The van der Waals surface area contributed by atoms with Gasteiger partial charge in [-0.15, -0.1) is 0 Å². The number of aryl methyl sites for hydroxylation is 1. The molecule has 246 valence electrons. The largest absolute Gasteiger partial charge is 0.478 e. The summed E-state index contributed by atoms with van der Waals surface area (Å²) in [6.07, 6.45) is 7.33. The summed E-state index contributed by atoms with van der Waals surface area (Å²) in [6, 6.07) is 13.2. The van der Waals surface area contributed by atoms with Gasteiger partial charge in [0.15, 0.2) is 12.4 Å². The molecule has 0 radical (unpaired) electrons. The van der Waals surface area contributed by atoms with E-state index in [0.29, 0.717) is 30.6 Å². The van der Waals surface area contributed by atoms with E-state index in [1.54, 1.807) is 30.3 Å². The molecule has 7 unspecified atom stereocenters. The Bertz CT molecular complexity index is 1700. The Balaban J connectivity index is 1.07. The fourth-order valence-corrected chi connectivity index (χ4v) is 8.87. The summed E-state index contributed by atoms with van der Waals surface area (Å²) in [5, 5.41) is 41.0. The quantitative estimate of drug-likeness (QED) is 0.174. The first-order valence-corrected chi connectivity index (χ1v) is 16.2. The van der Waals surface area contributed by atoms with Gasteiger partial charge in [0.05, 0.1) is 23.0 Å². The monoisotopic (exact) mass is 640 g/mol. The van der Waals surface area contributed by atoms with E-state index in [0.717, 1.165) is 11.1 Å². The van der Waals surface area contributed by atoms with Gasteiger partial charge >= 0.3 is 11.9 Å². The summed E-state index contributed by atoms with van der Waals surface area (Å²) >= 11 is 0. The predicted octanol–water partition coefficient (Wildman–Crippen LogP) is 5.85. The average molecular weight is 641 g/mol. The Labute approximate surface area is 273 Å². The van der Waals surface area contributed by atoms with Gasteiger partial charge in [-0.05, 0) is 85.9 Å². The number of carbonyl (C=O) groups is 4. The van der Waals surface area contributed by atoms with Crippen LogP contribution < -0.4 is 0 Å².